The van der Waals surface area contributed by atoms with Gasteiger partial charge in [-0.2, -0.15) is 0 Å². The number of rotatable bonds is 3. The Hall–Kier alpha value is -2.82. The van der Waals surface area contributed by atoms with Gasteiger partial charge in [-0.3, -0.25) is 9.59 Å². The summed E-state index contributed by atoms with van der Waals surface area (Å²) in [4.78, 5) is 26.8. The second-order valence-corrected chi connectivity index (χ2v) is 5.89. The number of methoxy groups -OCH3 is 1. The summed E-state index contributed by atoms with van der Waals surface area (Å²) in [6.45, 7) is 0.516. The molecule has 0 bridgehead atoms. The summed E-state index contributed by atoms with van der Waals surface area (Å²) in [6, 6.07) is 16.1. The van der Waals surface area contributed by atoms with Gasteiger partial charge in [-0.05, 0) is 36.2 Å². The lowest BCUT2D eigenvalue weighted by atomic mass is 9.93. The van der Waals surface area contributed by atoms with Crippen molar-refractivity contribution in [1.82, 2.24) is 4.90 Å². The van der Waals surface area contributed by atoms with Gasteiger partial charge >= 0.3 is 5.97 Å². The zero-order valence-corrected chi connectivity index (χ0v) is 13.5. The molecule has 1 amide bonds. The first-order chi connectivity index (χ1) is 11.6. The minimum absolute atomic E-state index is 0.0798. The van der Waals surface area contributed by atoms with Gasteiger partial charge in [-0.25, -0.2) is 0 Å². The molecule has 0 aliphatic carbocycles. The Kier molecular flexibility index (Phi) is 4.51. The lowest BCUT2D eigenvalue weighted by Gasteiger charge is -2.28. The normalized spacial score (nSPS) is 20.0. The van der Waals surface area contributed by atoms with Crippen molar-refractivity contribution in [3.8, 4) is 0 Å². The molecule has 1 saturated heterocycles. The molecule has 0 spiro atoms. The van der Waals surface area contributed by atoms with Crippen LogP contribution < -0.4 is 5.73 Å². The zero-order valence-electron chi connectivity index (χ0n) is 13.5. The predicted molar refractivity (Wildman–Crippen MR) is 91.2 cm³/mol. The molecule has 5 nitrogen and oxygen atoms in total. The van der Waals surface area contributed by atoms with Crippen LogP contribution in [0.3, 0.4) is 0 Å². The average molecular weight is 324 g/mol. The van der Waals surface area contributed by atoms with Crippen LogP contribution in [-0.2, 0) is 9.53 Å². The van der Waals surface area contributed by atoms with Gasteiger partial charge in [-0.15, -0.1) is 0 Å². The fourth-order valence-corrected chi connectivity index (χ4v) is 3.27. The molecule has 2 aromatic rings. The second-order valence-electron chi connectivity index (χ2n) is 5.89. The SMILES string of the molecule is COC(=O)C1CCN(C(=O)c2ccccc2)C1c1ccc(N)cc1. The van der Waals surface area contributed by atoms with E-state index in [1.165, 1.54) is 7.11 Å². The van der Waals surface area contributed by atoms with Gasteiger partial charge in [0.1, 0.15) is 0 Å². The molecule has 2 unspecified atom stereocenters. The number of carbonyl (C=O) groups excluding carboxylic acids is 2. The summed E-state index contributed by atoms with van der Waals surface area (Å²) in [5, 5.41) is 0. The Morgan fingerprint density at radius 2 is 1.75 bits per heavy atom. The van der Waals surface area contributed by atoms with Gasteiger partial charge in [0.2, 0.25) is 0 Å². The van der Waals surface area contributed by atoms with Gasteiger partial charge < -0.3 is 15.4 Å². The Balaban J connectivity index is 1.97. The molecule has 0 aromatic heterocycles. The summed E-state index contributed by atoms with van der Waals surface area (Å²) in [5.41, 5.74) is 7.91. The molecule has 3 rings (SSSR count). The van der Waals surface area contributed by atoms with Crippen molar-refractivity contribution in [3.05, 3.63) is 65.7 Å². The topological polar surface area (TPSA) is 72.6 Å². The van der Waals surface area contributed by atoms with E-state index in [4.69, 9.17) is 10.5 Å². The summed E-state index contributed by atoms with van der Waals surface area (Å²) in [6.07, 6.45) is 0.584. The Bertz CT molecular complexity index is 728. The van der Waals surface area contributed by atoms with Crippen LogP contribution in [0, 0.1) is 5.92 Å². The van der Waals surface area contributed by atoms with Crippen molar-refractivity contribution in [1.29, 1.82) is 0 Å². The number of nitrogen functional groups attached to an aromatic ring is 1. The number of ether oxygens (including phenoxy) is 1. The third-order valence-electron chi connectivity index (χ3n) is 4.46. The van der Waals surface area contributed by atoms with Crippen molar-refractivity contribution < 1.29 is 14.3 Å². The minimum atomic E-state index is -0.369. The third kappa shape index (κ3) is 2.97. The van der Waals surface area contributed by atoms with Crippen molar-refractivity contribution in [2.45, 2.75) is 12.5 Å². The van der Waals surface area contributed by atoms with Gasteiger partial charge in [0.25, 0.3) is 5.91 Å². The highest BCUT2D eigenvalue weighted by Crippen LogP contribution is 2.39. The van der Waals surface area contributed by atoms with Crippen LogP contribution in [0.15, 0.2) is 54.6 Å². The summed E-state index contributed by atoms with van der Waals surface area (Å²) >= 11 is 0. The number of benzene rings is 2. The van der Waals surface area contributed by atoms with Crippen LogP contribution in [-0.4, -0.2) is 30.4 Å². The molecule has 1 fully saturated rings. The summed E-state index contributed by atoms with van der Waals surface area (Å²) < 4.78 is 4.94. The molecule has 1 aliphatic heterocycles. The molecule has 124 valence electrons. The monoisotopic (exact) mass is 324 g/mol. The van der Waals surface area contributed by atoms with Crippen LogP contribution in [0.1, 0.15) is 28.4 Å². The number of esters is 1. The lowest BCUT2D eigenvalue weighted by Crippen LogP contribution is -2.34. The number of nitrogens with zero attached hydrogens (tertiary/aromatic N) is 1. The summed E-state index contributed by atoms with van der Waals surface area (Å²) in [5.74, 6) is -0.740. The highest BCUT2D eigenvalue weighted by molar-refractivity contribution is 5.95. The van der Waals surface area contributed by atoms with Crippen LogP contribution in [0.4, 0.5) is 5.69 Å². The Morgan fingerprint density at radius 3 is 2.38 bits per heavy atom. The first-order valence-corrected chi connectivity index (χ1v) is 7.91. The first kappa shape index (κ1) is 16.1. The Morgan fingerprint density at radius 1 is 1.08 bits per heavy atom. The minimum Gasteiger partial charge on any atom is -0.469 e. The molecule has 1 heterocycles. The molecule has 2 atom stereocenters. The highest BCUT2D eigenvalue weighted by atomic mass is 16.5. The van der Waals surface area contributed by atoms with E-state index in [0.717, 1.165) is 5.56 Å². The van der Waals surface area contributed by atoms with Crippen LogP contribution in [0.25, 0.3) is 0 Å². The van der Waals surface area contributed by atoms with E-state index in [1.54, 1.807) is 29.2 Å². The van der Waals surface area contributed by atoms with Gasteiger partial charge in [0.05, 0.1) is 19.1 Å². The molecule has 2 N–H and O–H groups in total. The standard InChI is InChI=1S/C19H20N2O3/c1-24-19(23)16-11-12-21(18(22)14-5-3-2-4-6-14)17(16)13-7-9-15(20)10-8-13/h2-10,16-17H,11-12,20H2,1H3. The zero-order chi connectivity index (χ0) is 17.1. The molecular weight excluding hydrogens is 304 g/mol. The Labute approximate surface area is 141 Å². The fourth-order valence-electron chi connectivity index (χ4n) is 3.27. The molecule has 1 aliphatic rings. The van der Waals surface area contributed by atoms with Crippen molar-refractivity contribution in [2.75, 3.05) is 19.4 Å². The molecule has 2 aromatic carbocycles. The van der Waals surface area contributed by atoms with Crippen molar-refractivity contribution in [2.24, 2.45) is 5.92 Å². The average Bonchev–Trinajstić information content (AvgIpc) is 3.06. The number of hydrogen-bond acceptors (Lipinski definition) is 4. The maximum absolute atomic E-state index is 12.9. The number of amides is 1. The van der Waals surface area contributed by atoms with Crippen LogP contribution in [0.2, 0.25) is 0 Å². The predicted octanol–water partition coefficient (Wildman–Crippen LogP) is 2.65. The quantitative estimate of drug-likeness (QED) is 0.696. The number of carbonyl (C=O) groups is 2. The van der Waals surface area contributed by atoms with Gasteiger partial charge in [0.15, 0.2) is 0 Å². The number of anilines is 1. The number of likely N-dealkylation sites (tertiary alicyclic amines) is 1. The van der Waals surface area contributed by atoms with E-state index >= 15 is 0 Å². The van der Waals surface area contributed by atoms with E-state index in [1.807, 2.05) is 30.3 Å². The molecular formula is C19H20N2O3. The van der Waals surface area contributed by atoms with Crippen LogP contribution >= 0.6 is 0 Å². The third-order valence-corrected chi connectivity index (χ3v) is 4.46. The molecule has 5 heteroatoms. The second kappa shape index (κ2) is 6.74. The van der Waals surface area contributed by atoms with E-state index in [2.05, 4.69) is 0 Å². The fraction of sp³-hybridized carbons (Fsp3) is 0.263. The first-order valence-electron chi connectivity index (χ1n) is 7.91. The lowest BCUT2D eigenvalue weighted by molar-refractivity contribution is -0.146. The highest BCUT2D eigenvalue weighted by Gasteiger charge is 2.42. The van der Waals surface area contributed by atoms with Crippen molar-refractivity contribution >= 4 is 17.6 Å². The number of hydrogen-bond donors (Lipinski definition) is 1. The smallest absolute Gasteiger partial charge is 0.311 e. The van der Waals surface area contributed by atoms with E-state index < -0.39 is 0 Å². The van der Waals surface area contributed by atoms with E-state index in [-0.39, 0.29) is 23.8 Å². The molecule has 0 radical (unpaired) electrons. The molecule has 0 saturated carbocycles. The van der Waals surface area contributed by atoms with E-state index in [0.29, 0.717) is 24.2 Å². The van der Waals surface area contributed by atoms with Gasteiger partial charge in [-0.1, -0.05) is 30.3 Å². The maximum Gasteiger partial charge on any atom is 0.311 e. The number of nitrogens with two attached hydrogens (primary N) is 1. The van der Waals surface area contributed by atoms with Gasteiger partial charge in [0, 0.05) is 17.8 Å². The van der Waals surface area contributed by atoms with Crippen molar-refractivity contribution in [3.63, 3.8) is 0 Å². The maximum atomic E-state index is 12.9. The van der Waals surface area contributed by atoms with E-state index in [9.17, 15) is 9.59 Å². The summed E-state index contributed by atoms with van der Waals surface area (Å²) in [7, 11) is 1.38. The van der Waals surface area contributed by atoms with Crippen LogP contribution in [0.5, 0.6) is 0 Å². The largest absolute Gasteiger partial charge is 0.469 e. The molecule has 24 heavy (non-hydrogen) atoms.